The average molecular weight is 380 g/mol. The van der Waals surface area contributed by atoms with Gasteiger partial charge >= 0.3 is 0 Å². The van der Waals surface area contributed by atoms with E-state index in [0.29, 0.717) is 11.3 Å². The zero-order valence-corrected chi connectivity index (χ0v) is 15.6. The number of carbonyl (C=O) groups is 2. The number of halogens is 1. The molecule has 2 aromatic carbocycles. The van der Waals surface area contributed by atoms with Gasteiger partial charge in [0.05, 0.1) is 6.33 Å². The minimum absolute atomic E-state index is 0.130. The monoisotopic (exact) mass is 380 g/mol. The van der Waals surface area contributed by atoms with E-state index in [1.54, 1.807) is 24.7 Å². The molecule has 0 aliphatic carbocycles. The van der Waals surface area contributed by atoms with Gasteiger partial charge in [0, 0.05) is 29.3 Å². The number of nitrogens with zero attached hydrogens (tertiary/aromatic N) is 2. The fourth-order valence-electron chi connectivity index (χ4n) is 2.71. The van der Waals surface area contributed by atoms with Gasteiger partial charge in [0.2, 0.25) is 5.91 Å². The number of rotatable bonds is 6. The van der Waals surface area contributed by atoms with Crippen molar-refractivity contribution in [2.75, 3.05) is 5.32 Å². The predicted molar refractivity (Wildman–Crippen MR) is 105 cm³/mol. The van der Waals surface area contributed by atoms with Gasteiger partial charge in [-0.25, -0.2) is 9.37 Å². The van der Waals surface area contributed by atoms with Crippen molar-refractivity contribution in [2.45, 2.75) is 19.9 Å². The van der Waals surface area contributed by atoms with Crippen LogP contribution in [0.2, 0.25) is 0 Å². The molecular formula is C21H21FN4O2. The van der Waals surface area contributed by atoms with E-state index >= 15 is 0 Å². The second kappa shape index (κ2) is 8.47. The topological polar surface area (TPSA) is 76.0 Å². The number of nitrogens with one attached hydrogen (secondary N) is 2. The number of hydrogen-bond donors (Lipinski definition) is 2. The second-order valence-corrected chi connectivity index (χ2v) is 6.71. The van der Waals surface area contributed by atoms with E-state index in [9.17, 15) is 14.0 Å². The van der Waals surface area contributed by atoms with Crippen LogP contribution < -0.4 is 10.6 Å². The van der Waals surface area contributed by atoms with Crippen LogP contribution in [0.3, 0.4) is 0 Å². The summed E-state index contributed by atoms with van der Waals surface area (Å²) < 4.78 is 14.9. The molecule has 28 heavy (non-hydrogen) atoms. The lowest BCUT2D eigenvalue weighted by atomic mass is 10.0. The van der Waals surface area contributed by atoms with Gasteiger partial charge < -0.3 is 15.2 Å². The molecule has 3 rings (SSSR count). The molecule has 0 spiro atoms. The molecule has 2 N–H and O–H groups in total. The summed E-state index contributed by atoms with van der Waals surface area (Å²) in [6.07, 6.45) is 5.20. The minimum atomic E-state index is -0.731. The highest BCUT2D eigenvalue weighted by molar-refractivity contribution is 6.01. The van der Waals surface area contributed by atoms with E-state index in [0.717, 1.165) is 5.69 Å². The summed E-state index contributed by atoms with van der Waals surface area (Å²) in [7, 11) is 0. The first-order valence-electron chi connectivity index (χ1n) is 8.90. The summed E-state index contributed by atoms with van der Waals surface area (Å²) in [6, 6.07) is 11.7. The van der Waals surface area contributed by atoms with Crippen molar-refractivity contribution in [1.29, 1.82) is 0 Å². The minimum Gasteiger partial charge on any atom is -0.340 e. The normalized spacial score (nSPS) is 11.9. The molecule has 0 aliphatic rings. The molecule has 1 unspecified atom stereocenters. The molecule has 0 radical (unpaired) electrons. The Bertz CT molecular complexity index is 936. The third-order valence-electron chi connectivity index (χ3n) is 4.28. The van der Waals surface area contributed by atoms with E-state index in [1.807, 2.05) is 36.7 Å². The van der Waals surface area contributed by atoms with Gasteiger partial charge in [0.15, 0.2) is 0 Å². The fraction of sp³-hybridized carbons (Fsp3) is 0.190. The molecule has 2 amide bonds. The average Bonchev–Trinajstić information content (AvgIpc) is 3.21. The smallest absolute Gasteiger partial charge is 0.251 e. The first kappa shape index (κ1) is 19.3. The maximum atomic E-state index is 13.0. The molecule has 0 fully saturated rings. The van der Waals surface area contributed by atoms with Gasteiger partial charge in [-0.2, -0.15) is 0 Å². The van der Waals surface area contributed by atoms with E-state index in [4.69, 9.17) is 0 Å². The van der Waals surface area contributed by atoms with Gasteiger partial charge in [0.1, 0.15) is 11.9 Å². The first-order chi connectivity index (χ1) is 13.4. The van der Waals surface area contributed by atoms with Gasteiger partial charge in [-0.15, -0.1) is 0 Å². The van der Waals surface area contributed by atoms with E-state index < -0.39 is 17.8 Å². The maximum Gasteiger partial charge on any atom is 0.251 e. The van der Waals surface area contributed by atoms with E-state index in [1.165, 1.54) is 24.3 Å². The summed E-state index contributed by atoms with van der Waals surface area (Å²) in [4.78, 5) is 29.1. The van der Waals surface area contributed by atoms with Crippen molar-refractivity contribution < 1.29 is 14.0 Å². The quantitative estimate of drug-likeness (QED) is 0.688. The van der Waals surface area contributed by atoms with Crippen molar-refractivity contribution in [1.82, 2.24) is 14.9 Å². The van der Waals surface area contributed by atoms with Crippen LogP contribution in [0, 0.1) is 11.7 Å². The number of carbonyl (C=O) groups excluding carboxylic acids is 2. The van der Waals surface area contributed by atoms with E-state index in [-0.39, 0.29) is 11.8 Å². The molecular weight excluding hydrogens is 359 g/mol. The molecule has 0 saturated heterocycles. The van der Waals surface area contributed by atoms with Crippen molar-refractivity contribution in [2.24, 2.45) is 5.92 Å². The number of aromatic nitrogens is 2. The zero-order chi connectivity index (χ0) is 20.1. The van der Waals surface area contributed by atoms with Crippen molar-refractivity contribution in [3.8, 4) is 5.69 Å². The number of anilines is 1. The Kier molecular flexibility index (Phi) is 5.84. The summed E-state index contributed by atoms with van der Waals surface area (Å²) in [5.74, 6) is -1.30. The summed E-state index contributed by atoms with van der Waals surface area (Å²) >= 11 is 0. The lowest BCUT2D eigenvalue weighted by molar-refractivity contribution is -0.118. The van der Waals surface area contributed by atoms with E-state index in [2.05, 4.69) is 15.6 Å². The van der Waals surface area contributed by atoms with Gasteiger partial charge in [-0.05, 0) is 54.4 Å². The molecule has 1 heterocycles. The Balaban J connectivity index is 1.67. The molecule has 144 valence electrons. The largest absolute Gasteiger partial charge is 0.340 e. The molecule has 3 aromatic rings. The van der Waals surface area contributed by atoms with Crippen LogP contribution >= 0.6 is 0 Å². The standard InChI is InChI=1S/C21H21FN4O2/c1-14(2)19(25-20(27)15-3-5-16(22)6-4-15)21(28)24-17-7-9-18(10-8-17)26-12-11-23-13-26/h3-14,19H,1-2H3,(H,24,28)(H,25,27). The number of benzene rings is 2. The molecule has 6 nitrogen and oxygen atoms in total. The SMILES string of the molecule is CC(C)C(NC(=O)c1ccc(F)cc1)C(=O)Nc1ccc(-n2ccnc2)cc1. The Morgan fingerprint density at radius 2 is 1.71 bits per heavy atom. The second-order valence-electron chi connectivity index (χ2n) is 6.71. The fourth-order valence-corrected chi connectivity index (χ4v) is 2.71. The first-order valence-corrected chi connectivity index (χ1v) is 8.90. The molecule has 0 aliphatic heterocycles. The van der Waals surface area contributed by atoms with Crippen LogP contribution in [-0.2, 0) is 4.79 Å². The number of amides is 2. The Morgan fingerprint density at radius 1 is 1.04 bits per heavy atom. The summed E-state index contributed by atoms with van der Waals surface area (Å²) in [6.45, 7) is 3.69. The Labute approximate surface area is 162 Å². The highest BCUT2D eigenvalue weighted by Gasteiger charge is 2.24. The van der Waals surface area contributed by atoms with Crippen LogP contribution in [0.15, 0.2) is 67.3 Å². The third kappa shape index (κ3) is 4.62. The van der Waals surface area contributed by atoms with Crippen LogP contribution in [0.1, 0.15) is 24.2 Å². The third-order valence-corrected chi connectivity index (χ3v) is 4.28. The van der Waals surface area contributed by atoms with Crippen molar-refractivity contribution in [3.63, 3.8) is 0 Å². The Morgan fingerprint density at radius 3 is 2.29 bits per heavy atom. The molecule has 7 heteroatoms. The van der Waals surface area contributed by atoms with Crippen LogP contribution in [-0.4, -0.2) is 27.4 Å². The molecule has 0 saturated carbocycles. The highest BCUT2D eigenvalue weighted by atomic mass is 19.1. The van der Waals surface area contributed by atoms with Gasteiger partial charge in [0.25, 0.3) is 5.91 Å². The highest BCUT2D eigenvalue weighted by Crippen LogP contribution is 2.15. The maximum absolute atomic E-state index is 13.0. The predicted octanol–water partition coefficient (Wildman–Crippen LogP) is 3.40. The summed E-state index contributed by atoms with van der Waals surface area (Å²) in [5, 5.41) is 5.54. The Hall–Kier alpha value is -3.48. The molecule has 1 aromatic heterocycles. The van der Waals surface area contributed by atoms with Crippen LogP contribution in [0.4, 0.5) is 10.1 Å². The van der Waals surface area contributed by atoms with Crippen LogP contribution in [0.25, 0.3) is 5.69 Å². The van der Waals surface area contributed by atoms with Crippen LogP contribution in [0.5, 0.6) is 0 Å². The van der Waals surface area contributed by atoms with Crippen molar-refractivity contribution in [3.05, 3.63) is 78.6 Å². The van der Waals surface area contributed by atoms with Crippen molar-refractivity contribution >= 4 is 17.5 Å². The van der Waals surface area contributed by atoms with Gasteiger partial charge in [-0.3, -0.25) is 9.59 Å². The molecule has 0 bridgehead atoms. The van der Waals surface area contributed by atoms with Gasteiger partial charge in [-0.1, -0.05) is 13.8 Å². The number of hydrogen-bond acceptors (Lipinski definition) is 3. The zero-order valence-electron chi connectivity index (χ0n) is 15.6. The summed E-state index contributed by atoms with van der Waals surface area (Å²) in [5.41, 5.74) is 1.83. The number of imidazole rings is 1. The lowest BCUT2D eigenvalue weighted by Crippen LogP contribution is -2.47. The lowest BCUT2D eigenvalue weighted by Gasteiger charge is -2.22. The molecule has 1 atom stereocenters.